The average molecular weight is 314 g/mol. The minimum absolute atomic E-state index is 0.167. The van der Waals surface area contributed by atoms with Gasteiger partial charge in [0.2, 0.25) is 0 Å². The van der Waals surface area contributed by atoms with Crippen molar-refractivity contribution < 1.29 is 8.42 Å². The Kier molecular flexibility index (Phi) is 4.24. The maximum atomic E-state index is 12.0. The third-order valence-electron chi connectivity index (χ3n) is 2.33. The molecular weight excluding hydrogens is 305 g/mol. The van der Waals surface area contributed by atoms with Gasteiger partial charge in [0.1, 0.15) is 0 Å². The third-order valence-corrected chi connectivity index (χ3v) is 4.33. The molecule has 0 saturated heterocycles. The van der Waals surface area contributed by atoms with Gasteiger partial charge in [-0.1, -0.05) is 23.2 Å². The van der Waals surface area contributed by atoms with Crippen LogP contribution in [0.3, 0.4) is 0 Å². The van der Waals surface area contributed by atoms with Gasteiger partial charge in [0, 0.05) is 16.6 Å². The van der Waals surface area contributed by atoms with E-state index in [1.807, 2.05) is 0 Å². The first kappa shape index (κ1) is 14.1. The van der Waals surface area contributed by atoms with Crippen LogP contribution in [0.4, 0.5) is 0 Å². The molecule has 0 unspecified atom stereocenters. The summed E-state index contributed by atoms with van der Waals surface area (Å²) < 4.78 is 24.1. The van der Waals surface area contributed by atoms with Crippen LogP contribution >= 0.6 is 23.2 Å². The Morgan fingerprint density at radius 3 is 2.37 bits per heavy atom. The standard InChI is InChI=1S/C13H9Cl2NO2S/c14-10-3-5-11(6-4-10)19(17,18)9-7-13-12(15)2-1-8-16-13/h1-9H. The molecule has 3 nitrogen and oxygen atoms in total. The molecule has 0 aliphatic carbocycles. The normalized spacial score (nSPS) is 11.9. The molecule has 1 aromatic heterocycles. The van der Waals surface area contributed by atoms with Crippen molar-refractivity contribution in [2.75, 3.05) is 0 Å². The highest BCUT2D eigenvalue weighted by Gasteiger charge is 2.10. The van der Waals surface area contributed by atoms with Crippen LogP contribution in [0.1, 0.15) is 5.69 Å². The first-order valence-corrected chi connectivity index (χ1v) is 7.58. The molecule has 98 valence electrons. The predicted molar refractivity (Wildman–Crippen MR) is 76.9 cm³/mol. The minimum Gasteiger partial charge on any atom is -0.255 e. The zero-order chi connectivity index (χ0) is 13.9. The SMILES string of the molecule is O=S(=O)(C=Cc1ncccc1Cl)c1ccc(Cl)cc1. The average Bonchev–Trinajstić information content (AvgIpc) is 2.38. The van der Waals surface area contributed by atoms with Crippen molar-refractivity contribution in [3.05, 3.63) is 63.7 Å². The molecule has 0 bridgehead atoms. The van der Waals surface area contributed by atoms with Crippen LogP contribution in [0.25, 0.3) is 6.08 Å². The van der Waals surface area contributed by atoms with Gasteiger partial charge in [-0.25, -0.2) is 8.42 Å². The molecule has 0 spiro atoms. The molecule has 0 aliphatic heterocycles. The number of pyridine rings is 1. The summed E-state index contributed by atoms with van der Waals surface area (Å²) in [6.45, 7) is 0. The van der Waals surface area contributed by atoms with Crippen LogP contribution in [0.2, 0.25) is 10.0 Å². The molecule has 0 aliphatic rings. The molecular formula is C13H9Cl2NO2S. The molecule has 0 fully saturated rings. The maximum Gasteiger partial charge on any atom is 0.199 e. The van der Waals surface area contributed by atoms with E-state index in [1.165, 1.54) is 30.3 Å². The van der Waals surface area contributed by atoms with Gasteiger partial charge >= 0.3 is 0 Å². The first-order valence-electron chi connectivity index (χ1n) is 5.28. The summed E-state index contributed by atoms with van der Waals surface area (Å²) in [6, 6.07) is 9.26. The van der Waals surface area contributed by atoms with Crippen molar-refractivity contribution in [1.82, 2.24) is 4.98 Å². The predicted octanol–water partition coefficient (Wildman–Crippen LogP) is 3.83. The number of halogens is 2. The van der Waals surface area contributed by atoms with Gasteiger partial charge in [-0.2, -0.15) is 0 Å². The van der Waals surface area contributed by atoms with E-state index in [1.54, 1.807) is 18.3 Å². The van der Waals surface area contributed by atoms with Crippen LogP contribution in [0.15, 0.2) is 52.9 Å². The first-order chi connectivity index (χ1) is 8.99. The molecule has 6 heteroatoms. The largest absolute Gasteiger partial charge is 0.255 e. The molecule has 1 aromatic carbocycles. The summed E-state index contributed by atoms with van der Waals surface area (Å²) >= 11 is 11.6. The van der Waals surface area contributed by atoms with Gasteiger partial charge < -0.3 is 0 Å². The second-order valence-corrected chi connectivity index (χ2v) is 6.35. The smallest absolute Gasteiger partial charge is 0.199 e. The minimum atomic E-state index is -3.53. The van der Waals surface area contributed by atoms with Crippen molar-refractivity contribution in [2.24, 2.45) is 0 Å². The van der Waals surface area contributed by atoms with E-state index in [4.69, 9.17) is 23.2 Å². The number of rotatable bonds is 3. The third kappa shape index (κ3) is 3.56. The Labute approximate surface area is 121 Å². The van der Waals surface area contributed by atoms with Crippen molar-refractivity contribution in [2.45, 2.75) is 4.90 Å². The van der Waals surface area contributed by atoms with E-state index in [9.17, 15) is 8.42 Å². The van der Waals surface area contributed by atoms with Crippen molar-refractivity contribution in [1.29, 1.82) is 0 Å². The zero-order valence-corrected chi connectivity index (χ0v) is 12.0. The van der Waals surface area contributed by atoms with Gasteiger partial charge in [-0.15, -0.1) is 0 Å². The fraction of sp³-hybridized carbons (Fsp3) is 0. The summed E-state index contributed by atoms with van der Waals surface area (Å²) in [5, 5.41) is 1.95. The van der Waals surface area contributed by atoms with Crippen LogP contribution in [0, 0.1) is 0 Å². The second kappa shape index (κ2) is 5.74. The maximum absolute atomic E-state index is 12.0. The highest BCUT2D eigenvalue weighted by atomic mass is 35.5. The monoisotopic (exact) mass is 313 g/mol. The number of hydrogen-bond acceptors (Lipinski definition) is 3. The molecule has 2 aromatic rings. The van der Waals surface area contributed by atoms with Gasteiger partial charge in [-0.05, 0) is 42.5 Å². The molecule has 0 N–H and O–H groups in total. The Bertz CT molecular complexity index is 710. The molecule has 0 saturated carbocycles. The molecule has 19 heavy (non-hydrogen) atoms. The summed E-state index contributed by atoms with van der Waals surface area (Å²) in [6.07, 6.45) is 2.91. The van der Waals surface area contributed by atoms with Gasteiger partial charge in [0.15, 0.2) is 9.84 Å². The highest BCUT2D eigenvalue weighted by Crippen LogP contribution is 2.19. The number of aromatic nitrogens is 1. The summed E-state index contributed by atoms with van der Waals surface area (Å²) in [4.78, 5) is 4.15. The molecule has 0 atom stereocenters. The van der Waals surface area contributed by atoms with Crippen molar-refractivity contribution in [3.8, 4) is 0 Å². The quantitative estimate of drug-likeness (QED) is 0.865. The van der Waals surface area contributed by atoms with E-state index in [-0.39, 0.29) is 4.90 Å². The Hall–Kier alpha value is -1.36. The lowest BCUT2D eigenvalue weighted by Crippen LogP contribution is -1.95. The molecule has 0 amide bonds. The van der Waals surface area contributed by atoms with Crippen LogP contribution in [-0.4, -0.2) is 13.4 Å². The summed E-state index contributed by atoms with van der Waals surface area (Å²) in [5.41, 5.74) is 0.404. The van der Waals surface area contributed by atoms with E-state index < -0.39 is 9.84 Å². The van der Waals surface area contributed by atoms with Crippen molar-refractivity contribution in [3.63, 3.8) is 0 Å². The lowest BCUT2D eigenvalue weighted by molar-refractivity contribution is 0.605. The number of sulfone groups is 1. The zero-order valence-electron chi connectivity index (χ0n) is 9.62. The van der Waals surface area contributed by atoms with E-state index in [0.717, 1.165) is 5.41 Å². The number of nitrogens with zero attached hydrogens (tertiary/aromatic N) is 1. The fourth-order valence-corrected chi connectivity index (χ4v) is 2.67. The summed E-state index contributed by atoms with van der Waals surface area (Å²) in [5.74, 6) is 0. The van der Waals surface area contributed by atoms with Crippen LogP contribution in [-0.2, 0) is 9.84 Å². The molecule has 2 rings (SSSR count). The van der Waals surface area contributed by atoms with Crippen LogP contribution in [0.5, 0.6) is 0 Å². The van der Waals surface area contributed by atoms with Crippen molar-refractivity contribution >= 4 is 39.1 Å². The van der Waals surface area contributed by atoms with E-state index >= 15 is 0 Å². The van der Waals surface area contributed by atoms with Gasteiger partial charge in [0.05, 0.1) is 15.6 Å². The molecule has 0 radical (unpaired) electrons. The number of hydrogen-bond donors (Lipinski definition) is 0. The molecule has 1 heterocycles. The summed E-state index contributed by atoms with van der Waals surface area (Å²) in [7, 11) is -3.53. The number of benzene rings is 1. The topological polar surface area (TPSA) is 47.0 Å². The fourth-order valence-electron chi connectivity index (χ4n) is 1.38. The highest BCUT2D eigenvalue weighted by molar-refractivity contribution is 7.94. The van der Waals surface area contributed by atoms with Gasteiger partial charge in [0.25, 0.3) is 0 Å². The lowest BCUT2D eigenvalue weighted by Gasteiger charge is -1.99. The van der Waals surface area contributed by atoms with Gasteiger partial charge in [-0.3, -0.25) is 4.98 Å². The Morgan fingerprint density at radius 2 is 1.74 bits per heavy atom. The lowest BCUT2D eigenvalue weighted by atomic mass is 10.3. The Balaban J connectivity index is 2.32. The van der Waals surface area contributed by atoms with E-state index in [2.05, 4.69) is 4.98 Å². The second-order valence-electron chi connectivity index (χ2n) is 3.67. The van der Waals surface area contributed by atoms with Crippen LogP contribution < -0.4 is 0 Å². The van der Waals surface area contributed by atoms with E-state index in [0.29, 0.717) is 15.7 Å². The Morgan fingerprint density at radius 1 is 1.05 bits per heavy atom.